The summed E-state index contributed by atoms with van der Waals surface area (Å²) in [6, 6.07) is 5.65. The summed E-state index contributed by atoms with van der Waals surface area (Å²) in [7, 11) is 0. The Hall–Kier alpha value is -2.81. The zero-order valence-corrected chi connectivity index (χ0v) is 18.9. The predicted molar refractivity (Wildman–Crippen MR) is 117 cm³/mol. The van der Waals surface area contributed by atoms with E-state index in [9.17, 15) is 13.9 Å². The van der Waals surface area contributed by atoms with Crippen molar-refractivity contribution < 1.29 is 23.0 Å². The third-order valence-electron chi connectivity index (χ3n) is 5.79. The number of benzene rings is 1. The van der Waals surface area contributed by atoms with Crippen LogP contribution in [0.25, 0.3) is 22.5 Å². The van der Waals surface area contributed by atoms with Gasteiger partial charge in [0.2, 0.25) is 0 Å². The highest BCUT2D eigenvalue weighted by atomic mass is 19.3. The molecule has 2 heterocycles. The third-order valence-corrected chi connectivity index (χ3v) is 5.79. The lowest BCUT2D eigenvalue weighted by molar-refractivity contribution is -0.148. The summed E-state index contributed by atoms with van der Waals surface area (Å²) in [5.74, 6) is 1.03. The van der Waals surface area contributed by atoms with Gasteiger partial charge in [-0.25, -0.2) is 13.8 Å². The Labute approximate surface area is 185 Å². The number of halogens is 2. The van der Waals surface area contributed by atoms with Gasteiger partial charge < -0.3 is 19.6 Å². The number of hydrogen-bond acceptors (Lipinski definition) is 7. The fraction of sp³-hybridized carbons (Fsp3) is 0.522. The topological polar surface area (TPSA) is 93.3 Å². The summed E-state index contributed by atoms with van der Waals surface area (Å²) in [6.07, 6.45) is -2.93. The minimum Gasteiger partial charge on any atom is -0.494 e. The molecule has 1 saturated carbocycles. The normalized spacial score (nSPS) is 21.1. The van der Waals surface area contributed by atoms with Crippen molar-refractivity contribution in [2.45, 2.75) is 70.9 Å². The van der Waals surface area contributed by atoms with Crippen LogP contribution in [0.5, 0.6) is 5.75 Å². The molecule has 7 nitrogen and oxygen atoms in total. The molecule has 1 aliphatic rings. The van der Waals surface area contributed by atoms with Crippen molar-refractivity contribution in [1.29, 1.82) is 0 Å². The number of aliphatic hydroxyl groups is 1. The van der Waals surface area contributed by atoms with Gasteiger partial charge in [-0.2, -0.15) is 0 Å². The molecule has 0 unspecified atom stereocenters. The van der Waals surface area contributed by atoms with Gasteiger partial charge in [0.25, 0.3) is 12.3 Å². The van der Waals surface area contributed by atoms with Crippen LogP contribution in [-0.2, 0) is 5.41 Å². The molecule has 32 heavy (non-hydrogen) atoms. The second-order valence-electron chi connectivity index (χ2n) is 9.44. The predicted octanol–water partition coefficient (Wildman–Crippen LogP) is 4.86. The van der Waals surface area contributed by atoms with Crippen molar-refractivity contribution in [3.63, 3.8) is 0 Å². The average molecular weight is 446 g/mol. The molecular weight excluding hydrogens is 418 g/mol. The van der Waals surface area contributed by atoms with Crippen LogP contribution in [0, 0.1) is 6.92 Å². The minimum absolute atomic E-state index is 0.0766. The van der Waals surface area contributed by atoms with Crippen LogP contribution in [0.2, 0.25) is 0 Å². The standard InChI is InChI=1S/C23H28F2N4O3/c1-6-31-14-8-15-12(2)7-17(27-18(15)16(9-14)22(3,4)5)19-28-29-21(32-19)26-13-10-23(30,11-13)20(24)25/h7-9,13,20,30H,6,10-11H2,1-5H3,(H,26,29). The molecule has 0 aliphatic heterocycles. The van der Waals surface area contributed by atoms with Gasteiger partial charge in [0.05, 0.1) is 12.1 Å². The molecule has 1 aromatic carbocycles. The summed E-state index contributed by atoms with van der Waals surface area (Å²) >= 11 is 0. The summed E-state index contributed by atoms with van der Waals surface area (Å²) < 4.78 is 37.1. The Morgan fingerprint density at radius 3 is 2.59 bits per heavy atom. The molecule has 0 spiro atoms. The SMILES string of the molecule is CCOc1cc(C(C)(C)C)c2nc(-c3nnc(NC4CC(O)(C(F)F)C4)o3)cc(C)c2c1. The lowest BCUT2D eigenvalue weighted by Gasteiger charge is -2.42. The molecule has 1 aliphatic carbocycles. The van der Waals surface area contributed by atoms with Gasteiger partial charge in [-0.1, -0.05) is 25.9 Å². The van der Waals surface area contributed by atoms with Crippen LogP contribution in [0.3, 0.4) is 0 Å². The van der Waals surface area contributed by atoms with Crippen molar-refractivity contribution >= 4 is 16.9 Å². The highest BCUT2D eigenvalue weighted by Gasteiger charge is 2.50. The van der Waals surface area contributed by atoms with Crippen molar-refractivity contribution in [3.8, 4) is 17.3 Å². The maximum absolute atomic E-state index is 12.8. The van der Waals surface area contributed by atoms with E-state index in [-0.39, 0.29) is 36.2 Å². The fourth-order valence-electron chi connectivity index (χ4n) is 4.03. The van der Waals surface area contributed by atoms with Crippen molar-refractivity contribution in [2.24, 2.45) is 0 Å². The summed E-state index contributed by atoms with van der Waals surface area (Å²) in [5.41, 5.74) is 1.29. The number of alkyl halides is 2. The lowest BCUT2D eigenvalue weighted by Crippen LogP contribution is -2.55. The second-order valence-corrected chi connectivity index (χ2v) is 9.44. The van der Waals surface area contributed by atoms with E-state index in [0.717, 1.165) is 27.8 Å². The van der Waals surface area contributed by atoms with Gasteiger partial charge in [-0.15, -0.1) is 5.10 Å². The molecule has 4 rings (SSSR count). The fourth-order valence-corrected chi connectivity index (χ4v) is 4.03. The van der Waals surface area contributed by atoms with Gasteiger partial charge in [0.1, 0.15) is 17.0 Å². The first-order valence-corrected chi connectivity index (χ1v) is 10.7. The molecule has 1 fully saturated rings. The molecule has 0 bridgehead atoms. The summed E-state index contributed by atoms with van der Waals surface area (Å²) in [6.45, 7) is 10.9. The van der Waals surface area contributed by atoms with Gasteiger partial charge in [-0.3, -0.25) is 0 Å². The van der Waals surface area contributed by atoms with E-state index in [1.807, 2.05) is 32.0 Å². The maximum Gasteiger partial charge on any atom is 0.316 e. The highest BCUT2D eigenvalue weighted by Crippen LogP contribution is 2.39. The zero-order chi connectivity index (χ0) is 23.3. The van der Waals surface area contributed by atoms with E-state index in [4.69, 9.17) is 14.1 Å². The number of fused-ring (bicyclic) bond motifs is 1. The first kappa shape index (κ1) is 22.4. The summed E-state index contributed by atoms with van der Waals surface area (Å²) in [5, 5.41) is 21.7. The zero-order valence-electron chi connectivity index (χ0n) is 18.9. The number of ether oxygens (including phenoxy) is 1. The third kappa shape index (κ3) is 4.13. The number of aromatic nitrogens is 3. The number of nitrogens with zero attached hydrogens (tertiary/aromatic N) is 3. The van der Waals surface area contributed by atoms with Crippen molar-refractivity contribution in [1.82, 2.24) is 15.2 Å². The average Bonchev–Trinajstić information content (AvgIpc) is 3.14. The largest absolute Gasteiger partial charge is 0.494 e. The van der Waals surface area contributed by atoms with E-state index in [1.165, 1.54) is 0 Å². The number of hydrogen-bond donors (Lipinski definition) is 2. The van der Waals surface area contributed by atoms with Crippen LogP contribution in [0.4, 0.5) is 14.8 Å². The Balaban J connectivity index is 1.65. The quantitative estimate of drug-likeness (QED) is 0.558. The molecule has 9 heteroatoms. The van der Waals surface area contributed by atoms with Crippen molar-refractivity contribution in [3.05, 3.63) is 29.3 Å². The Morgan fingerprint density at radius 1 is 1.25 bits per heavy atom. The first-order chi connectivity index (χ1) is 15.0. The van der Waals surface area contributed by atoms with E-state index >= 15 is 0 Å². The second kappa shape index (κ2) is 7.95. The smallest absolute Gasteiger partial charge is 0.316 e. The molecule has 0 atom stereocenters. The maximum atomic E-state index is 12.8. The molecule has 0 saturated heterocycles. The highest BCUT2D eigenvalue weighted by molar-refractivity contribution is 5.89. The van der Waals surface area contributed by atoms with Crippen molar-refractivity contribution in [2.75, 3.05) is 11.9 Å². The van der Waals surface area contributed by atoms with E-state index in [0.29, 0.717) is 12.3 Å². The molecule has 3 aromatic rings. The molecule has 172 valence electrons. The molecule has 2 aromatic heterocycles. The molecule has 2 N–H and O–H groups in total. The van der Waals surface area contributed by atoms with E-state index < -0.39 is 12.0 Å². The van der Waals surface area contributed by atoms with Gasteiger partial charge in [-0.05, 0) is 48.6 Å². The number of nitrogens with one attached hydrogen (secondary N) is 1. The van der Waals surface area contributed by atoms with Gasteiger partial charge in [0.15, 0.2) is 0 Å². The van der Waals surface area contributed by atoms with Gasteiger partial charge >= 0.3 is 6.01 Å². The first-order valence-electron chi connectivity index (χ1n) is 10.7. The Kier molecular flexibility index (Phi) is 5.56. The number of pyridine rings is 1. The van der Waals surface area contributed by atoms with Crippen LogP contribution in [-0.4, -0.2) is 45.0 Å². The Bertz CT molecular complexity index is 1130. The molecular formula is C23H28F2N4O3. The minimum atomic E-state index is -2.77. The summed E-state index contributed by atoms with van der Waals surface area (Å²) in [4.78, 5) is 4.83. The Morgan fingerprint density at radius 2 is 1.97 bits per heavy atom. The number of rotatable bonds is 6. The molecule has 0 amide bonds. The van der Waals surface area contributed by atoms with Crippen LogP contribution in [0.1, 0.15) is 51.7 Å². The number of aryl methyl sites for hydroxylation is 1. The van der Waals surface area contributed by atoms with Crippen LogP contribution >= 0.6 is 0 Å². The lowest BCUT2D eigenvalue weighted by atomic mass is 9.76. The number of anilines is 1. The van der Waals surface area contributed by atoms with Crippen LogP contribution in [0.15, 0.2) is 22.6 Å². The van der Waals surface area contributed by atoms with Crippen LogP contribution < -0.4 is 10.1 Å². The van der Waals surface area contributed by atoms with E-state index in [2.05, 4.69) is 36.3 Å². The monoisotopic (exact) mass is 446 g/mol. The molecule has 0 radical (unpaired) electrons. The van der Waals surface area contributed by atoms with E-state index in [1.54, 1.807) is 0 Å². The van der Waals surface area contributed by atoms with Gasteiger partial charge in [0, 0.05) is 24.3 Å².